The highest BCUT2D eigenvalue weighted by Gasteiger charge is 2.34. The third kappa shape index (κ3) is 4.06. The lowest BCUT2D eigenvalue weighted by Crippen LogP contribution is -2.43. The van der Waals surface area contributed by atoms with E-state index in [9.17, 15) is 23.5 Å². The maximum absolute atomic E-state index is 13.6. The Balaban J connectivity index is 2.13. The Morgan fingerprint density at radius 1 is 1.39 bits per heavy atom. The Morgan fingerprint density at radius 3 is 2.70 bits per heavy atom. The van der Waals surface area contributed by atoms with E-state index in [0.717, 1.165) is 29.2 Å². The second kappa shape index (κ2) is 6.76. The Morgan fingerprint density at radius 2 is 2.09 bits per heavy atom. The third-order valence-electron chi connectivity index (χ3n) is 3.38. The van der Waals surface area contributed by atoms with Gasteiger partial charge in [0.2, 0.25) is 0 Å². The number of carboxylic acid groups (broad SMARTS) is 1. The molecule has 1 aliphatic rings. The summed E-state index contributed by atoms with van der Waals surface area (Å²) in [4.78, 5) is 24.5. The van der Waals surface area contributed by atoms with Gasteiger partial charge >= 0.3 is 5.97 Å². The second-order valence-electron chi connectivity index (χ2n) is 5.74. The van der Waals surface area contributed by atoms with Crippen molar-refractivity contribution in [3.63, 3.8) is 0 Å². The first-order valence-electron chi connectivity index (χ1n) is 7.14. The topological polar surface area (TPSA) is 66.8 Å². The molecule has 1 aliphatic heterocycles. The predicted molar refractivity (Wildman–Crippen MR) is 77.7 cm³/mol. The molecule has 1 atom stereocenters. The van der Waals surface area contributed by atoms with Crippen molar-refractivity contribution in [1.82, 2.24) is 4.90 Å². The number of halogens is 2. The first kappa shape index (κ1) is 16.9. The van der Waals surface area contributed by atoms with Crippen LogP contribution in [0, 0.1) is 17.6 Å². The Hall–Kier alpha value is -2.44. The molecule has 1 unspecified atom stereocenters. The van der Waals surface area contributed by atoms with Crippen LogP contribution in [-0.4, -0.2) is 34.5 Å². The maximum atomic E-state index is 13.6. The smallest absolute Gasteiger partial charge is 0.326 e. The molecule has 5 nitrogen and oxygen atoms in total. The van der Waals surface area contributed by atoms with Gasteiger partial charge in [-0.15, -0.1) is 0 Å². The van der Waals surface area contributed by atoms with Crippen LogP contribution in [0.3, 0.4) is 0 Å². The van der Waals surface area contributed by atoms with Crippen molar-refractivity contribution in [2.75, 3.05) is 6.54 Å². The standard InChI is InChI=1S/C16H17F2NO4/c1-9(2)5-13(16(21)22)19-8-11(7-15(19)20)23-14-6-10(17)3-4-12(14)18/h3-4,6-7,9,13H,5,8H2,1-2H3,(H,21,22). The molecule has 0 bridgehead atoms. The van der Waals surface area contributed by atoms with Gasteiger partial charge in [-0.05, 0) is 24.5 Å². The van der Waals surface area contributed by atoms with Crippen LogP contribution in [0.5, 0.6) is 5.75 Å². The summed E-state index contributed by atoms with van der Waals surface area (Å²) >= 11 is 0. The minimum atomic E-state index is -1.11. The first-order chi connectivity index (χ1) is 10.8. The molecule has 0 radical (unpaired) electrons. The summed E-state index contributed by atoms with van der Waals surface area (Å²) in [5, 5.41) is 9.29. The number of carboxylic acids is 1. The molecule has 1 heterocycles. The van der Waals surface area contributed by atoms with Crippen LogP contribution in [-0.2, 0) is 9.59 Å². The fourth-order valence-electron chi connectivity index (χ4n) is 2.34. The summed E-state index contributed by atoms with van der Waals surface area (Å²) < 4.78 is 31.9. The van der Waals surface area contributed by atoms with Gasteiger partial charge in [-0.3, -0.25) is 4.79 Å². The van der Waals surface area contributed by atoms with E-state index in [4.69, 9.17) is 4.74 Å². The van der Waals surface area contributed by atoms with Crippen LogP contribution in [0.25, 0.3) is 0 Å². The minimum Gasteiger partial charge on any atom is -0.480 e. The largest absolute Gasteiger partial charge is 0.480 e. The highest BCUT2D eigenvalue weighted by atomic mass is 19.1. The number of rotatable bonds is 6. The molecule has 0 saturated heterocycles. The van der Waals surface area contributed by atoms with Gasteiger partial charge in [-0.25, -0.2) is 13.6 Å². The van der Waals surface area contributed by atoms with E-state index in [1.54, 1.807) is 0 Å². The van der Waals surface area contributed by atoms with Crippen LogP contribution in [0.2, 0.25) is 0 Å². The number of benzene rings is 1. The number of carbonyl (C=O) groups is 2. The van der Waals surface area contributed by atoms with Crippen molar-refractivity contribution in [3.05, 3.63) is 41.7 Å². The third-order valence-corrected chi connectivity index (χ3v) is 3.38. The van der Waals surface area contributed by atoms with Gasteiger partial charge in [0.25, 0.3) is 5.91 Å². The van der Waals surface area contributed by atoms with Gasteiger partial charge in [0.05, 0.1) is 6.54 Å². The quantitative estimate of drug-likeness (QED) is 0.873. The highest BCUT2D eigenvalue weighted by Crippen LogP contribution is 2.25. The highest BCUT2D eigenvalue weighted by molar-refractivity contribution is 5.94. The summed E-state index contributed by atoms with van der Waals surface area (Å²) in [6, 6.07) is 1.74. The van der Waals surface area contributed by atoms with E-state index >= 15 is 0 Å². The molecule has 0 saturated carbocycles. The fraction of sp³-hybridized carbons (Fsp3) is 0.375. The minimum absolute atomic E-state index is 0.0782. The van der Waals surface area contributed by atoms with Crippen molar-refractivity contribution < 1.29 is 28.2 Å². The lowest BCUT2D eigenvalue weighted by atomic mass is 10.0. The zero-order valence-corrected chi connectivity index (χ0v) is 12.8. The van der Waals surface area contributed by atoms with E-state index in [1.807, 2.05) is 13.8 Å². The summed E-state index contributed by atoms with van der Waals surface area (Å²) in [5.41, 5.74) is 0. The molecule has 0 aromatic heterocycles. The molecule has 1 aromatic rings. The SMILES string of the molecule is CC(C)CC(C(=O)O)N1CC(Oc2cc(F)ccc2F)=CC1=O. The summed E-state index contributed by atoms with van der Waals surface area (Å²) in [6.07, 6.45) is 1.39. The number of hydrogen-bond donors (Lipinski definition) is 1. The van der Waals surface area contributed by atoms with E-state index in [1.165, 1.54) is 0 Å². The van der Waals surface area contributed by atoms with Gasteiger partial charge in [0.15, 0.2) is 11.6 Å². The van der Waals surface area contributed by atoms with Crippen molar-refractivity contribution >= 4 is 11.9 Å². The Kier molecular flexibility index (Phi) is 4.98. The average molecular weight is 325 g/mol. The van der Waals surface area contributed by atoms with Crippen LogP contribution in [0.1, 0.15) is 20.3 Å². The lowest BCUT2D eigenvalue weighted by molar-refractivity contribution is -0.148. The normalized spacial score (nSPS) is 15.8. The molecule has 124 valence electrons. The van der Waals surface area contributed by atoms with Crippen molar-refractivity contribution in [1.29, 1.82) is 0 Å². The zero-order valence-electron chi connectivity index (χ0n) is 12.8. The molecule has 0 aliphatic carbocycles. The van der Waals surface area contributed by atoms with E-state index in [-0.39, 0.29) is 30.4 Å². The number of aliphatic carboxylic acids is 1. The van der Waals surface area contributed by atoms with Crippen LogP contribution in [0.15, 0.2) is 30.0 Å². The van der Waals surface area contributed by atoms with Gasteiger partial charge < -0.3 is 14.7 Å². The van der Waals surface area contributed by atoms with E-state index < -0.39 is 29.6 Å². The molecule has 0 fully saturated rings. The van der Waals surface area contributed by atoms with E-state index in [0.29, 0.717) is 0 Å². The molecule has 1 aromatic carbocycles. The first-order valence-corrected chi connectivity index (χ1v) is 7.14. The second-order valence-corrected chi connectivity index (χ2v) is 5.74. The van der Waals surface area contributed by atoms with Crippen LogP contribution in [0.4, 0.5) is 8.78 Å². The summed E-state index contributed by atoms with van der Waals surface area (Å²) in [6.45, 7) is 3.60. The fourth-order valence-corrected chi connectivity index (χ4v) is 2.34. The number of hydrogen-bond acceptors (Lipinski definition) is 3. The van der Waals surface area contributed by atoms with Gasteiger partial charge in [-0.1, -0.05) is 13.8 Å². The number of nitrogens with zero attached hydrogens (tertiary/aromatic N) is 1. The Labute approximate surface area is 132 Å². The monoisotopic (exact) mass is 325 g/mol. The molecule has 7 heteroatoms. The molecule has 0 spiro atoms. The van der Waals surface area contributed by atoms with Crippen molar-refractivity contribution in [2.24, 2.45) is 5.92 Å². The maximum Gasteiger partial charge on any atom is 0.326 e. The van der Waals surface area contributed by atoms with E-state index in [2.05, 4.69) is 0 Å². The Bertz CT molecular complexity index is 657. The number of amides is 1. The predicted octanol–water partition coefficient (Wildman–Crippen LogP) is 2.57. The van der Waals surface area contributed by atoms with Crippen molar-refractivity contribution in [3.8, 4) is 5.75 Å². The van der Waals surface area contributed by atoms with Gasteiger partial charge in [-0.2, -0.15) is 0 Å². The van der Waals surface area contributed by atoms with Crippen molar-refractivity contribution in [2.45, 2.75) is 26.3 Å². The molecular formula is C16H17F2NO4. The summed E-state index contributed by atoms with van der Waals surface area (Å²) in [7, 11) is 0. The summed E-state index contributed by atoms with van der Waals surface area (Å²) in [5.74, 6) is -3.27. The van der Waals surface area contributed by atoms with Gasteiger partial charge in [0, 0.05) is 12.1 Å². The van der Waals surface area contributed by atoms with Crippen LogP contribution < -0.4 is 4.74 Å². The molecular weight excluding hydrogens is 308 g/mol. The molecule has 2 rings (SSSR count). The lowest BCUT2D eigenvalue weighted by Gasteiger charge is -2.25. The molecule has 1 amide bonds. The molecule has 1 N–H and O–H groups in total. The number of ether oxygens (including phenoxy) is 1. The van der Waals surface area contributed by atoms with Crippen LogP contribution >= 0.6 is 0 Å². The molecule has 23 heavy (non-hydrogen) atoms. The number of carbonyl (C=O) groups excluding carboxylic acids is 1. The average Bonchev–Trinajstić information content (AvgIpc) is 2.80. The van der Waals surface area contributed by atoms with Gasteiger partial charge in [0.1, 0.15) is 17.6 Å². The zero-order chi connectivity index (χ0) is 17.1.